The van der Waals surface area contributed by atoms with Crippen molar-refractivity contribution in [1.29, 1.82) is 0 Å². The first-order valence-corrected chi connectivity index (χ1v) is 9.80. The van der Waals surface area contributed by atoms with Crippen LogP contribution in [-0.2, 0) is 23.8 Å². The molecular weight excluding hydrogens is 320 g/mol. The van der Waals surface area contributed by atoms with Gasteiger partial charge in [-0.3, -0.25) is 9.59 Å². The molecule has 0 aliphatic heterocycles. The zero-order valence-electron chi connectivity index (χ0n) is 16.5. The third kappa shape index (κ3) is 16.1. The highest BCUT2D eigenvalue weighted by Crippen LogP contribution is 2.16. The second-order valence-corrected chi connectivity index (χ2v) is 6.62. The molecule has 1 atom stereocenters. The van der Waals surface area contributed by atoms with E-state index in [-0.39, 0.29) is 11.9 Å². The average molecular weight is 359 g/mol. The van der Waals surface area contributed by atoms with Gasteiger partial charge in [0.2, 0.25) is 0 Å². The van der Waals surface area contributed by atoms with Crippen molar-refractivity contribution in [2.45, 2.75) is 96.0 Å². The van der Waals surface area contributed by atoms with Crippen LogP contribution < -0.4 is 0 Å². The molecule has 0 fully saturated rings. The summed E-state index contributed by atoms with van der Waals surface area (Å²) < 4.78 is 14.8. The van der Waals surface area contributed by atoms with E-state index in [9.17, 15) is 9.59 Å². The highest BCUT2D eigenvalue weighted by Gasteiger charge is 2.07. The van der Waals surface area contributed by atoms with Crippen LogP contribution in [-0.4, -0.2) is 39.4 Å². The molecule has 5 heteroatoms. The van der Waals surface area contributed by atoms with Crippen LogP contribution in [0.15, 0.2) is 0 Å². The standard InChI is InChI=1S/C20H38O5/c1-23-18(15-11-8-9-13-17-20(22)25-3)14-10-6-4-5-7-12-16-19(21)24-2/h18H,4-17H2,1-3H3. The topological polar surface area (TPSA) is 61.8 Å². The normalized spacial score (nSPS) is 12.0. The predicted octanol–water partition coefficient (Wildman–Crippen LogP) is 4.81. The van der Waals surface area contributed by atoms with Gasteiger partial charge in [0.15, 0.2) is 0 Å². The molecule has 25 heavy (non-hydrogen) atoms. The molecule has 0 saturated heterocycles. The zero-order chi connectivity index (χ0) is 18.8. The Bertz CT molecular complexity index is 330. The predicted molar refractivity (Wildman–Crippen MR) is 99.5 cm³/mol. The fourth-order valence-corrected chi connectivity index (χ4v) is 2.93. The SMILES string of the molecule is COC(=O)CCCCCCCCC(CCCCCCC(=O)OC)OC. The number of rotatable bonds is 17. The summed E-state index contributed by atoms with van der Waals surface area (Å²) in [6, 6.07) is 0. The monoisotopic (exact) mass is 358 g/mol. The van der Waals surface area contributed by atoms with Crippen LogP contribution in [0.25, 0.3) is 0 Å². The Hall–Kier alpha value is -1.10. The summed E-state index contributed by atoms with van der Waals surface area (Å²) >= 11 is 0. The van der Waals surface area contributed by atoms with Crippen LogP contribution in [0.5, 0.6) is 0 Å². The van der Waals surface area contributed by atoms with Crippen molar-refractivity contribution < 1.29 is 23.8 Å². The van der Waals surface area contributed by atoms with Gasteiger partial charge >= 0.3 is 11.9 Å². The van der Waals surface area contributed by atoms with Crippen LogP contribution in [0.3, 0.4) is 0 Å². The Balaban J connectivity index is 3.41. The largest absolute Gasteiger partial charge is 0.469 e. The lowest BCUT2D eigenvalue weighted by Crippen LogP contribution is -2.10. The van der Waals surface area contributed by atoms with Crippen molar-refractivity contribution >= 4 is 11.9 Å². The highest BCUT2D eigenvalue weighted by atomic mass is 16.5. The van der Waals surface area contributed by atoms with Crippen molar-refractivity contribution in [3.63, 3.8) is 0 Å². The average Bonchev–Trinajstić information content (AvgIpc) is 2.64. The fraction of sp³-hybridized carbons (Fsp3) is 0.900. The van der Waals surface area contributed by atoms with E-state index in [1.54, 1.807) is 7.11 Å². The number of esters is 2. The van der Waals surface area contributed by atoms with E-state index in [1.807, 2.05) is 0 Å². The zero-order valence-corrected chi connectivity index (χ0v) is 16.5. The molecule has 0 aromatic heterocycles. The van der Waals surface area contributed by atoms with E-state index in [0.29, 0.717) is 18.9 Å². The molecule has 148 valence electrons. The van der Waals surface area contributed by atoms with Gasteiger partial charge in [0.1, 0.15) is 0 Å². The van der Waals surface area contributed by atoms with Crippen LogP contribution >= 0.6 is 0 Å². The lowest BCUT2D eigenvalue weighted by Gasteiger charge is -2.15. The Morgan fingerprint density at radius 3 is 1.32 bits per heavy atom. The molecule has 0 aliphatic carbocycles. The number of hydrogen-bond acceptors (Lipinski definition) is 5. The first-order valence-electron chi connectivity index (χ1n) is 9.80. The molecule has 0 aromatic rings. The smallest absolute Gasteiger partial charge is 0.305 e. The van der Waals surface area contributed by atoms with Crippen LogP contribution in [0.2, 0.25) is 0 Å². The third-order valence-corrected chi connectivity index (χ3v) is 4.60. The Labute approximate surface area is 153 Å². The minimum Gasteiger partial charge on any atom is -0.469 e. The van der Waals surface area contributed by atoms with Gasteiger partial charge in [0.05, 0.1) is 20.3 Å². The molecule has 0 aliphatic rings. The van der Waals surface area contributed by atoms with Gasteiger partial charge in [-0.1, -0.05) is 51.4 Å². The molecule has 0 heterocycles. The summed E-state index contributed by atoms with van der Waals surface area (Å²) in [4.78, 5) is 22.0. The molecular formula is C20H38O5. The third-order valence-electron chi connectivity index (χ3n) is 4.60. The minimum atomic E-state index is -0.111. The maximum atomic E-state index is 11.0. The molecule has 0 saturated carbocycles. The Morgan fingerprint density at radius 2 is 0.960 bits per heavy atom. The maximum Gasteiger partial charge on any atom is 0.305 e. The lowest BCUT2D eigenvalue weighted by atomic mass is 10.0. The van der Waals surface area contributed by atoms with Gasteiger partial charge in [-0.15, -0.1) is 0 Å². The van der Waals surface area contributed by atoms with Crippen molar-refractivity contribution in [2.24, 2.45) is 0 Å². The van der Waals surface area contributed by atoms with Gasteiger partial charge in [-0.05, 0) is 25.7 Å². The molecule has 0 spiro atoms. The molecule has 0 N–H and O–H groups in total. The summed E-state index contributed by atoms with van der Waals surface area (Å²) in [5.74, 6) is -0.215. The molecule has 0 bridgehead atoms. The first-order chi connectivity index (χ1) is 12.1. The summed E-state index contributed by atoms with van der Waals surface area (Å²) in [5.41, 5.74) is 0. The number of methoxy groups -OCH3 is 3. The number of ether oxygens (including phenoxy) is 3. The van der Waals surface area contributed by atoms with Crippen molar-refractivity contribution in [3.05, 3.63) is 0 Å². The van der Waals surface area contributed by atoms with Crippen LogP contribution in [0.1, 0.15) is 89.9 Å². The highest BCUT2D eigenvalue weighted by molar-refractivity contribution is 5.69. The molecule has 0 rings (SSSR count). The van der Waals surface area contributed by atoms with E-state index in [1.165, 1.54) is 39.9 Å². The van der Waals surface area contributed by atoms with E-state index in [0.717, 1.165) is 51.4 Å². The van der Waals surface area contributed by atoms with Crippen molar-refractivity contribution in [2.75, 3.05) is 21.3 Å². The summed E-state index contributed by atoms with van der Waals surface area (Å²) in [5, 5.41) is 0. The minimum absolute atomic E-state index is 0.103. The second kappa shape index (κ2) is 17.7. The van der Waals surface area contributed by atoms with Gasteiger partial charge in [0.25, 0.3) is 0 Å². The van der Waals surface area contributed by atoms with E-state index < -0.39 is 0 Å². The Morgan fingerprint density at radius 1 is 0.600 bits per heavy atom. The fourth-order valence-electron chi connectivity index (χ4n) is 2.93. The van der Waals surface area contributed by atoms with Gasteiger partial charge in [-0.25, -0.2) is 0 Å². The molecule has 0 amide bonds. The molecule has 0 radical (unpaired) electrons. The maximum absolute atomic E-state index is 11.0. The van der Waals surface area contributed by atoms with Crippen LogP contribution in [0, 0.1) is 0 Å². The molecule has 1 unspecified atom stereocenters. The van der Waals surface area contributed by atoms with Gasteiger partial charge in [-0.2, -0.15) is 0 Å². The quantitative estimate of drug-likeness (QED) is 0.276. The number of unbranched alkanes of at least 4 members (excludes halogenated alkanes) is 8. The van der Waals surface area contributed by atoms with Gasteiger partial charge in [0, 0.05) is 20.0 Å². The van der Waals surface area contributed by atoms with Gasteiger partial charge < -0.3 is 14.2 Å². The number of carbonyl (C=O) groups excluding carboxylic acids is 2. The van der Waals surface area contributed by atoms with Crippen molar-refractivity contribution in [3.8, 4) is 0 Å². The summed E-state index contributed by atoms with van der Waals surface area (Å²) in [7, 11) is 4.68. The Kier molecular flexibility index (Phi) is 16.9. The second-order valence-electron chi connectivity index (χ2n) is 6.62. The summed E-state index contributed by atoms with van der Waals surface area (Å²) in [6.07, 6.45) is 14.9. The number of hydrogen-bond donors (Lipinski definition) is 0. The van der Waals surface area contributed by atoms with E-state index >= 15 is 0 Å². The van der Waals surface area contributed by atoms with E-state index in [4.69, 9.17) is 4.74 Å². The first kappa shape index (κ1) is 23.9. The van der Waals surface area contributed by atoms with Crippen LogP contribution in [0.4, 0.5) is 0 Å². The van der Waals surface area contributed by atoms with Crippen molar-refractivity contribution in [1.82, 2.24) is 0 Å². The summed E-state index contributed by atoms with van der Waals surface area (Å²) in [6.45, 7) is 0. The molecule has 0 aromatic carbocycles. The number of carbonyl (C=O) groups is 2. The lowest BCUT2D eigenvalue weighted by molar-refractivity contribution is -0.141. The van der Waals surface area contributed by atoms with E-state index in [2.05, 4.69) is 9.47 Å². The molecule has 5 nitrogen and oxygen atoms in total.